The van der Waals surface area contributed by atoms with Crippen LogP contribution in [0.4, 0.5) is 5.69 Å². The highest BCUT2D eigenvalue weighted by atomic mass is 35.5. The Bertz CT molecular complexity index is 1430. The Labute approximate surface area is 252 Å². The zero-order valence-electron chi connectivity index (χ0n) is 23.5. The zero-order chi connectivity index (χ0) is 30.2. The predicted octanol–water partition coefficient (Wildman–Crippen LogP) is 5.92. The normalized spacial score (nSPS) is 12.7. The Balaban J connectivity index is 2.10. The van der Waals surface area contributed by atoms with Gasteiger partial charge in [0.2, 0.25) is 11.8 Å². The third-order valence-electron chi connectivity index (χ3n) is 6.60. The van der Waals surface area contributed by atoms with Gasteiger partial charge in [-0.05, 0) is 63.6 Å². The molecule has 3 aromatic carbocycles. The molecule has 11 heteroatoms. The summed E-state index contributed by atoms with van der Waals surface area (Å²) in [6.07, 6.45) is 0.695. The van der Waals surface area contributed by atoms with Crippen molar-refractivity contribution in [3.05, 3.63) is 88.4 Å². The first kappa shape index (κ1) is 32.2. The molecular formula is C30H35Cl2N3O5S. The monoisotopic (exact) mass is 619 g/mol. The summed E-state index contributed by atoms with van der Waals surface area (Å²) in [5, 5.41) is 3.54. The van der Waals surface area contributed by atoms with Crippen LogP contribution in [0.25, 0.3) is 0 Å². The van der Waals surface area contributed by atoms with Crippen molar-refractivity contribution in [2.45, 2.75) is 57.6 Å². The van der Waals surface area contributed by atoms with E-state index in [0.29, 0.717) is 27.8 Å². The maximum absolute atomic E-state index is 14.1. The van der Waals surface area contributed by atoms with Gasteiger partial charge in [-0.15, -0.1) is 0 Å². The first-order valence-electron chi connectivity index (χ1n) is 13.3. The Morgan fingerprint density at radius 3 is 2.12 bits per heavy atom. The van der Waals surface area contributed by atoms with Gasteiger partial charge in [0.05, 0.1) is 17.2 Å². The summed E-state index contributed by atoms with van der Waals surface area (Å²) in [6.45, 7) is 6.73. The fourth-order valence-electron chi connectivity index (χ4n) is 4.08. The Morgan fingerprint density at radius 2 is 1.51 bits per heavy atom. The van der Waals surface area contributed by atoms with Gasteiger partial charge in [-0.2, -0.15) is 0 Å². The molecule has 0 saturated heterocycles. The smallest absolute Gasteiger partial charge is 0.264 e. The molecule has 2 amide bonds. The largest absolute Gasteiger partial charge is 0.492 e. The molecule has 0 aliphatic rings. The standard InChI is InChI=1S/C30H35Cl2N3O5S/c1-5-21(3)33-30(37)22(4)34(19-24-25(31)15-12-16-26(24)32)29(36)20-35(27-17-10-11-18-28(27)40-6-2)41(38,39)23-13-8-7-9-14-23/h7-18,21-22H,5-6,19-20H2,1-4H3,(H,33,37)/t21-,22+/m1/s1. The number of nitrogens with one attached hydrogen (secondary N) is 1. The second kappa shape index (κ2) is 14.6. The van der Waals surface area contributed by atoms with Crippen molar-refractivity contribution in [1.29, 1.82) is 0 Å². The number of halogens is 2. The van der Waals surface area contributed by atoms with E-state index in [1.54, 1.807) is 74.5 Å². The van der Waals surface area contributed by atoms with Crippen LogP contribution in [0.2, 0.25) is 10.0 Å². The fraction of sp³-hybridized carbons (Fsp3) is 0.333. The topological polar surface area (TPSA) is 96.0 Å². The molecule has 0 heterocycles. The molecule has 0 unspecified atom stereocenters. The van der Waals surface area contributed by atoms with Gasteiger partial charge in [-0.25, -0.2) is 8.42 Å². The summed E-state index contributed by atoms with van der Waals surface area (Å²) in [4.78, 5) is 28.6. The number of hydrogen-bond acceptors (Lipinski definition) is 5. The van der Waals surface area contributed by atoms with E-state index < -0.39 is 28.5 Å². The van der Waals surface area contributed by atoms with Crippen molar-refractivity contribution in [2.75, 3.05) is 17.5 Å². The average molecular weight is 621 g/mol. The van der Waals surface area contributed by atoms with E-state index in [0.717, 1.165) is 4.31 Å². The second-order valence-corrected chi connectivity index (χ2v) is 12.1. The molecule has 0 aliphatic carbocycles. The molecule has 0 fully saturated rings. The summed E-state index contributed by atoms with van der Waals surface area (Å²) < 4.78 is 34.7. The SMILES string of the molecule is CCOc1ccccc1N(CC(=O)N(Cc1c(Cl)cccc1Cl)[C@@H](C)C(=O)N[C@H](C)CC)S(=O)(=O)c1ccccc1. The molecule has 3 rings (SSSR count). The lowest BCUT2D eigenvalue weighted by atomic mass is 10.1. The van der Waals surface area contributed by atoms with Crippen molar-refractivity contribution < 1.29 is 22.7 Å². The number of ether oxygens (including phenoxy) is 1. The number of sulfonamides is 1. The molecule has 3 aromatic rings. The van der Waals surface area contributed by atoms with Gasteiger partial charge < -0.3 is 15.0 Å². The van der Waals surface area contributed by atoms with Crippen LogP contribution in [-0.2, 0) is 26.2 Å². The van der Waals surface area contributed by atoms with Crippen molar-refractivity contribution >= 4 is 50.7 Å². The van der Waals surface area contributed by atoms with Gasteiger partial charge in [0, 0.05) is 28.2 Å². The first-order valence-corrected chi connectivity index (χ1v) is 15.5. The van der Waals surface area contributed by atoms with Crippen LogP contribution >= 0.6 is 23.2 Å². The number of nitrogens with zero attached hydrogens (tertiary/aromatic N) is 2. The molecule has 0 saturated carbocycles. The highest BCUT2D eigenvalue weighted by molar-refractivity contribution is 7.92. The Kier molecular flexibility index (Phi) is 11.5. The van der Waals surface area contributed by atoms with Crippen LogP contribution in [0.15, 0.2) is 77.7 Å². The Hall–Kier alpha value is -3.27. The van der Waals surface area contributed by atoms with E-state index >= 15 is 0 Å². The predicted molar refractivity (Wildman–Crippen MR) is 163 cm³/mol. The zero-order valence-corrected chi connectivity index (χ0v) is 25.8. The van der Waals surface area contributed by atoms with Crippen molar-refractivity contribution in [3.8, 4) is 5.75 Å². The lowest BCUT2D eigenvalue weighted by Gasteiger charge is -2.33. The van der Waals surface area contributed by atoms with Crippen LogP contribution in [0.3, 0.4) is 0 Å². The van der Waals surface area contributed by atoms with Gasteiger partial charge in [0.15, 0.2) is 0 Å². The van der Waals surface area contributed by atoms with E-state index in [1.165, 1.54) is 17.0 Å². The molecule has 41 heavy (non-hydrogen) atoms. The third-order valence-corrected chi connectivity index (χ3v) is 9.08. The van der Waals surface area contributed by atoms with Crippen LogP contribution in [0.5, 0.6) is 5.75 Å². The van der Waals surface area contributed by atoms with Gasteiger partial charge in [0.1, 0.15) is 18.3 Å². The van der Waals surface area contributed by atoms with Crippen molar-refractivity contribution in [2.24, 2.45) is 0 Å². The summed E-state index contributed by atoms with van der Waals surface area (Å²) in [7, 11) is -4.23. The van der Waals surface area contributed by atoms with Crippen LogP contribution in [0, 0.1) is 0 Å². The van der Waals surface area contributed by atoms with E-state index in [2.05, 4.69) is 5.32 Å². The van der Waals surface area contributed by atoms with Crippen LogP contribution in [-0.4, -0.2) is 50.4 Å². The molecule has 0 aliphatic heterocycles. The molecule has 2 atom stereocenters. The lowest BCUT2D eigenvalue weighted by molar-refractivity contribution is -0.139. The quantitative estimate of drug-likeness (QED) is 0.256. The number of hydrogen-bond donors (Lipinski definition) is 1. The van der Waals surface area contributed by atoms with E-state index in [-0.39, 0.29) is 35.7 Å². The molecule has 0 radical (unpaired) electrons. The molecule has 8 nitrogen and oxygen atoms in total. The molecular weight excluding hydrogens is 585 g/mol. The molecule has 0 aromatic heterocycles. The first-order chi connectivity index (χ1) is 19.5. The summed E-state index contributed by atoms with van der Waals surface area (Å²) in [5.41, 5.74) is 0.638. The van der Waals surface area contributed by atoms with Crippen molar-refractivity contribution in [1.82, 2.24) is 10.2 Å². The molecule has 220 valence electrons. The highest BCUT2D eigenvalue weighted by Crippen LogP contribution is 2.33. The van der Waals surface area contributed by atoms with Crippen molar-refractivity contribution in [3.63, 3.8) is 0 Å². The minimum atomic E-state index is -4.23. The molecule has 0 spiro atoms. The Morgan fingerprint density at radius 1 is 0.902 bits per heavy atom. The number of amides is 2. The lowest BCUT2D eigenvalue weighted by Crippen LogP contribution is -2.52. The minimum Gasteiger partial charge on any atom is -0.492 e. The number of para-hydroxylation sites is 2. The number of benzene rings is 3. The van der Waals surface area contributed by atoms with E-state index in [4.69, 9.17) is 27.9 Å². The fourth-order valence-corrected chi connectivity index (χ4v) is 6.04. The molecule has 1 N–H and O–H groups in total. The number of carbonyl (C=O) groups excluding carboxylic acids is 2. The van der Waals surface area contributed by atoms with Gasteiger partial charge >= 0.3 is 0 Å². The van der Waals surface area contributed by atoms with Gasteiger partial charge in [0.25, 0.3) is 10.0 Å². The van der Waals surface area contributed by atoms with Crippen LogP contribution in [0.1, 0.15) is 39.7 Å². The summed E-state index contributed by atoms with van der Waals surface area (Å²) in [6, 6.07) is 18.3. The number of carbonyl (C=O) groups is 2. The van der Waals surface area contributed by atoms with Gasteiger partial charge in [-0.3, -0.25) is 13.9 Å². The summed E-state index contributed by atoms with van der Waals surface area (Å²) >= 11 is 12.9. The average Bonchev–Trinajstić information content (AvgIpc) is 2.96. The second-order valence-electron chi connectivity index (χ2n) is 9.44. The van der Waals surface area contributed by atoms with Crippen LogP contribution < -0.4 is 14.4 Å². The maximum Gasteiger partial charge on any atom is 0.264 e. The number of anilines is 1. The third kappa shape index (κ3) is 7.93. The van der Waals surface area contributed by atoms with Gasteiger partial charge in [-0.1, -0.05) is 66.5 Å². The maximum atomic E-state index is 14.1. The highest BCUT2D eigenvalue weighted by Gasteiger charge is 2.34. The van der Waals surface area contributed by atoms with E-state index in [9.17, 15) is 18.0 Å². The number of rotatable bonds is 13. The van der Waals surface area contributed by atoms with E-state index in [1.807, 2.05) is 13.8 Å². The summed E-state index contributed by atoms with van der Waals surface area (Å²) in [5.74, 6) is -0.716. The molecule has 0 bridgehead atoms. The minimum absolute atomic E-state index is 0.00219.